The van der Waals surface area contributed by atoms with E-state index in [0.29, 0.717) is 18.8 Å². The highest BCUT2D eigenvalue weighted by Crippen LogP contribution is 2.14. The first-order valence-corrected chi connectivity index (χ1v) is 6.39. The van der Waals surface area contributed by atoms with Crippen LogP contribution in [-0.4, -0.2) is 20.5 Å². The van der Waals surface area contributed by atoms with Gasteiger partial charge in [0.25, 0.3) is 0 Å². The summed E-state index contributed by atoms with van der Waals surface area (Å²) in [6, 6.07) is 9.40. The third-order valence-electron chi connectivity index (χ3n) is 3.03. The van der Waals surface area contributed by atoms with Gasteiger partial charge in [-0.25, -0.2) is 9.67 Å². The maximum atomic E-state index is 12.0. The quantitative estimate of drug-likeness (QED) is 0.852. The van der Waals surface area contributed by atoms with E-state index in [0.717, 1.165) is 5.56 Å². The number of rotatable bonds is 6. The normalized spacial score (nSPS) is 12.3. The van der Waals surface area contributed by atoms with Crippen molar-refractivity contribution in [2.75, 3.05) is 0 Å². The molecule has 2 rings (SSSR count). The lowest BCUT2D eigenvalue weighted by atomic mass is 10.0. The maximum Gasteiger partial charge on any atom is 0.142 e. The number of Topliss-reactive ketones (excluding diaryl/α,β-unsaturated/α-hetero) is 1. The van der Waals surface area contributed by atoms with Crippen LogP contribution in [0.3, 0.4) is 0 Å². The van der Waals surface area contributed by atoms with E-state index in [1.54, 1.807) is 4.68 Å². The van der Waals surface area contributed by atoms with Gasteiger partial charge in [-0.05, 0) is 12.5 Å². The molecule has 2 aromatic rings. The Hall–Kier alpha value is -2.01. The first-order valence-electron chi connectivity index (χ1n) is 6.39. The van der Waals surface area contributed by atoms with Gasteiger partial charge in [-0.3, -0.25) is 4.79 Å². The van der Waals surface area contributed by atoms with Crippen LogP contribution in [0.2, 0.25) is 0 Å². The van der Waals surface area contributed by atoms with Gasteiger partial charge in [-0.1, -0.05) is 30.3 Å². The second-order valence-corrected chi connectivity index (χ2v) is 4.43. The molecule has 0 aliphatic heterocycles. The van der Waals surface area contributed by atoms with Crippen molar-refractivity contribution in [2.24, 2.45) is 5.73 Å². The van der Waals surface area contributed by atoms with E-state index < -0.39 is 0 Å². The number of carbonyl (C=O) groups excluding carboxylic acids is 1. The maximum absolute atomic E-state index is 12.0. The fourth-order valence-corrected chi connectivity index (χ4v) is 2.00. The van der Waals surface area contributed by atoms with E-state index in [1.165, 1.54) is 6.33 Å². The van der Waals surface area contributed by atoms with Crippen LogP contribution < -0.4 is 5.73 Å². The Morgan fingerprint density at radius 2 is 2.11 bits per heavy atom. The van der Waals surface area contributed by atoms with Crippen LogP contribution in [-0.2, 0) is 17.8 Å². The average Bonchev–Trinajstić information content (AvgIpc) is 2.86. The zero-order valence-electron chi connectivity index (χ0n) is 11.0. The molecule has 0 fully saturated rings. The molecule has 100 valence electrons. The Labute approximate surface area is 112 Å². The van der Waals surface area contributed by atoms with Crippen molar-refractivity contribution in [2.45, 2.75) is 32.4 Å². The number of benzene rings is 1. The molecule has 0 aliphatic rings. The van der Waals surface area contributed by atoms with E-state index >= 15 is 0 Å². The summed E-state index contributed by atoms with van der Waals surface area (Å²) in [6.07, 6.45) is 2.08. The van der Waals surface area contributed by atoms with Crippen LogP contribution in [0.25, 0.3) is 0 Å². The molecule has 1 heterocycles. The predicted octanol–water partition coefficient (Wildman–Crippen LogP) is 1.50. The molecular weight excluding hydrogens is 240 g/mol. The predicted molar refractivity (Wildman–Crippen MR) is 72.4 cm³/mol. The van der Waals surface area contributed by atoms with Crippen molar-refractivity contribution in [1.82, 2.24) is 14.8 Å². The molecule has 0 bridgehead atoms. The highest BCUT2D eigenvalue weighted by atomic mass is 16.1. The van der Waals surface area contributed by atoms with Crippen LogP contribution in [0.5, 0.6) is 0 Å². The Morgan fingerprint density at radius 3 is 2.79 bits per heavy atom. The number of ketones is 1. The van der Waals surface area contributed by atoms with Gasteiger partial charge in [0.05, 0.1) is 6.42 Å². The van der Waals surface area contributed by atoms with Gasteiger partial charge in [0.1, 0.15) is 17.9 Å². The summed E-state index contributed by atoms with van der Waals surface area (Å²) in [4.78, 5) is 16.1. The second-order valence-electron chi connectivity index (χ2n) is 4.43. The van der Waals surface area contributed by atoms with E-state index in [1.807, 2.05) is 37.3 Å². The van der Waals surface area contributed by atoms with Crippen LogP contribution in [0.1, 0.15) is 30.8 Å². The summed E-state index contributed by atoms with van der Waals surface area (Å²) in [6.45, 7) is 2.69. The lowest BCUT2D eigenvalue weighted by Gasteiger charge is -2.11. The average molecular weight is 258 g/mol. The summed E-state index contributed by atoms with van der Waals surface area (Å²) >= 11 is 0. The van der Waals surface area contributed by atoms with Crippen LogP contribution in [0, 0.1) is 0 Å². The van der Waals surface area contributed by atoms with Gasteiger partial charge in [-0.15, -0.1) is 0 Å². The molecule has 5 nitrogen and oxygen atoms in total. The van der Waals surface area contributed by atoms with Crippen LogP contribution in [0.4, 0.5) is 0 Å². The minimum absolute atomic E-state index is 0.0825. The smallest absolute Gasteiger partial charge is 0.142 e. The molecule has 1 atom stereocenters. The summed E-state index contributed by atoms with van der Waals surface area (Å²) in [5.41, 5.74) is 7.01. The Kier molecular flexibility index (Phi) is 4.41. The summed E-state index contributed by atoms with van der Waals surface area (Å²) in [7, 11) is 0. The number of aryl methyl sites for hydroxylation is 1. The van der Waals surface area contributed by atoms with Gasteiger partial charge in [0.15, 0.2) is 0 Å². The minimum atomic E-state index is -0.258. The molecule has 0 aliphatic carbocycles. The number of nitrogens with zero attached hydrogens (tertiary/aromatic N) is 3. The third-order valence-corrected chi connectivity index (χ3v) is 3.03. The lowest BCUT2D eigenvalue weighted by molar-refractivity contribution is -0.118. The van der Waals surface area contributed by atoms with E-state index in [9.17, 15) is 4.79 Å². The summed E-state index contributed by atoms with van der Waals surface area (Å²) in [5, 5.41) is 4.05. The van der Waals surface area contributed by atoms with Crippen molar-refractivity contribution >= 4 is 5.78 Å². The van der Waals surface area contributed by atoms with E-state index in [4.69, 9.17) is 5.73 Å². The highest BCUT2D eigenvalue weighted by molar-refractivity contribution is 5.80. The SMILES string of the molecule is CCn1ncnc1CC(=O)CC(N)c1ccccc1. The minimum Gasteiger partial charge on any atom is -0.324 e. The topological polar surface area (TPSA) is 73.8 Å². The number of hydrogen-bond donors (Lipinski definition) is 1. The van der Waals surface area contributed by atoms with Gasteiger partial charge < -0.3 is 5.73 Å². The van der Waals surface area contributed by atoms with Crippen molar-refractivity contribution in [1.29, 1.82) is 0 Å². The molecule has 19 heavy (non-hydrogen) atoms. The zero-order valence-corrected chi connectivity index (χ0v) is 11.0. The van der Waals surface area contributed by atoms with E-state index in [2.05, 4.69) is 10.1 Å². The number of hydrogen-bond acceptors (Lipinski definition) is 4. The fraction of sp³-hybridized carbons (Fsp3) is 0.357. The molecule has 0 spiro atoms. The summed E-state index contributed by atoms with van der Waals surface area (Å²) in [5.74, 6) is 0.784. The monoisotopic (exact) mass is 258 g/mol. The number of aromatic nitrogens is 3. The molecule has 0 radical (unpaired) electrons. The standard InChI is InChI=1S/C14H18N4O/c1-2-18-14(16-10-17-18)9-12(19)8-13(15)11-6-4-3-5-7-11/h3-7,10,13H,2,8-9,15H2,1H3. The molecular formula is C14H18N4O. The van der Waals surface area contributed by atoms with Gasteiger partial charge in [0.2, 0.25) is 0 Å². The zero-order chi connectivity index (χ0) is 13.7. The lowest BCUT2D eigenvalue weighted by Crippen LogP contribution is -2.18. The molecule has 5 heteroatoms. The largest absolute Gasteiger partial charge is 0.324 e. The van der Waals surface area contributed by atoms with E-state index in [-0.39, 0.29) is 18.2 Å². The molecule has 2 N–H and O–H groups in total. The molecule has 1 unspecified atom stereocenters. The van der Waals surface area contributed by atoms with Crippen molar-refractivity contribution in [3.63, 3.8) is 0 Å². The summed E-state index contributed by atoms with van der Waals surface area (Å²) < 4.78 is 1.73. The Bertz CT molecular complexity index is 535. The molecule has 1 aromatic carbocycles. The molecule has 0 saturated heterocycles. The molecule has 1 aromatic heterocycles. The first kappa shape index (κ1) is 13.4. The van der Waals surface area contributed by atoms with Crippen LogP contribution >= 0.6 is 0 Å². The first-order chi connectivity index (χ1) is 9.20. The number of carbonyl (C=O) groups is 1. The highest BCUT2D eigenvalue weighted by Gasteiger charge is 2.14. The van der Waals surface area contributed by atoms with Gasteiger partial charge in [-0.2, -0.15) is 5.10 Å². The Morgan fingerprint density at radius 1 is 1.37 bits per heavy atom. The van der Waals surface area contributed by atoms with Crippen LogP contribution in [0.15, 0.2) is 36.7 Å². The van der Waals surface area contributed by atoms with Crippen molar-refractivity contribution in [3.8, 4) is 0 Å². The van der Waals surface area contributed by atoms with Crippen molar-refractivity contribution in [3.05, 3.63) is 48.0 Å². The van der Waals surface area contributed by atoms with Gasteiger partial charge in [0, 0.05) is 19.0 Å². The second kappa shape index (κ2) is 6.24. The Balaban J connectivity index is 1.95. The fourth-order valence-electron chi connectivity index (χ4n) is 2.00. The third kappa shape index (κ3) is 3.48. The number of nitrogens with two attached hydrogens (primary N) is 1. The van der Waals surface area contributed by atoms with Gasteiger partial charge >= 0.3 is 0 Å². The molecule has 0 amide bonds. The molecule has 0 saturated carbocycles. The van der Waals surface area contributed by atoms with Crippen molar-refractivity contribution < 1.29 is 4.79 Å².